The number of hydrogen-bond donors (Lipinski definition) is 1. The maximum Gasteiger partial charge on any atom is 0.243 e. The third-order valence-electron chi connectivity index (χ3n) is 4.98. The van der Waals surface area contributed by atoms with Gasteiger partial charge >= 0.3 is 0 Å². The van der Waals surface area contributed by atoms with Crippen molar-refractivity contribution in [1.82, 2.24) is 9.62 Å². The van der Waals surface area contributed by atoms with Gasteiger partial charge in [0.1, 0.15) is 0 Å². The average Bonchev–Trinajstić information content (AvgIpc) is 2.78. The molecule has 5 nitrogen and oxygen atoms in total. The highest BCUT2D eigenvalue weighted by Gasteiger charge is 2.22. The normalized spacial score (nSPS) is 11.6. The lowest BCUT2D eigenvalue weighted by molar-refractivity contribution is -0.121. The molecular formula is C24H26N2O3S. The summed E-state index contributed by atoms with van der Waals surface area (Å²) >= 11 is 0. The van der Waals surface area contributed by atoms with Crippen molar-refractivity contribution < 1.29 is 13.2 Å². The van der Waals surface area contributed by atoms with E-state index in [-0.39, 0.29) is 23.3 Å². The van der Waals surface area contributed by atoms with E-state index >= 15 is 0 Å². The molecule has 0 aromatic heterocycles. The molecule has 0 bridgehead atoms. The number of carbonyl (C=O) groups is 1. The molecular weight excluding hydrogens is 396 g/mol. The Morgan fingerprint density at radius 3 is 1.80 bits per heavy atom. The first kappa shape index (κ1) is 21.7. The highest BCUT2D eigenvalue weighted by Crippen LogP contribution is 2.27. The predicted octanol–water partition coefficient (Wildman–Crippen LogP) is 3.65. The topological polar surface area (TPSA) is 66.5 Å². The number of rotatable bonds is 9. The van der Waals surface area contributed by atoms with Crippen molar-refractivity contribution in [3.05, 3.63) is 102 Å². The molecule has 0 unspecified atom stereocenters. The van der Waals surface area contributed by atoms with Crippen molar-refractivity contribution in [1.29, 1.82) is 0 Å². The minimum absolute atomic E-state index is 0.151. The second-order valence-corrected chi connectivity index (χ2v) is 9.13. The summed E-state index contributed by atoms with van der Waals surface area (Å²) in [7, 11) is -2.27. The summed E-state index contributed by atoms with van der Waals surface area (Å²) in [6, 6.07) is 28.4. The van der Waals surface area contributed by atoms with Crippen molar-refractivity contribution in [2.24, 2.45) is 0 Å². The Labute approximate surface area is 178 Å². The van der Waals surface area contributed by atoms with Crippen molar-refractivity contribution >= 4 is 15.9 Å². The minimum Gasteiger partial charge on any atom is -0.355 e. The molecule has 0 saturated carbocycles. The van der Waals surface area contributed by atoms with Crippen LogP contribution in [0, 0.1) is 0 Å². The van der Waals surface area contributed by atoms with Gasteiger partial charge in [-0.25, -0.2) is 8.42 Å². The van der Waals surface area contributed by atoms with E-state index in [9.17, 15) is 13.2 Å². The Morgan fingerprint density at radius 2 is 1.30 bits per heavy atom. The molecule has 0 spiro atoms. The van der Waals surface area contributed by atoms with E-state index in [0.29, 0.717) is 6.54 Å². The molecule has 0 radical (unpaired) electrons. The molecule has 0 fully saturated rings. The molecule has 0 saturated heterocycles. The number of amides is 1. The summed E-state index contributed by atoms with van der Waals surface area (Å²) < 4.78 is 26.2. The van der Waals surface area contributed by atoms with Gasteiger partial charge in [0.15, 0.2) is 0 Å². The highest BCUT2D eigenvalue weighted by molar-refractivity contribution is 7.89. The number of likely N-dealkylation sites (N-methyl/N-ethyl adjacent to an activating group) is 1. The summed E-state index contributed by atoms with van der Waals surface area (Å²) in [5.41, 5.74) is 2.36. The molecule has 156 valence electrons. The Kier molecular flexibility index (Phi) is 7.38. The number of nitrogens with one attached hydrogen (secondary N) is 1. The average molecular weight is 423 g/mol. The molecule has 0 atom stereocenters. The number of benzene rings is 3. The second kappa shape index (κ2) is 10.2. The molecule has 0 heterocycles. The van der Waals surface area contributed by atoms with E-state index in [2.05, 4.69) is 29.6 Å². The van der Waals surface area contributed by atoms with E-state index < -0.39 is 10.0 Å². The van der Waals surface area contributed by atoms with Gasteiger partial charge in [0.05, 0.1) is 11.4 Å². The largest absolute Gasteiger partial charge is 0.355 e. The molecule has 6 heteroatoms. The third-order valence-corrected chi connectivity index (χ3v) is 6.79. The zero-order chi connectivity index (χ0) is 21.4. The van der Waals surface area contributed by atoms with Gasteiger partial charge in [0.25, 0.3) is 0 Å². The maximum absolute atomic E-state index is 12.6. The summed E-state index contributed by atoms with van der Waals surface area (Å²) in [4.78, 5) is 12.5. The quantitative estimate of drug-likeness (QED) is 0.572. The Hall–Kier alpha value is -2.96. The first-order chi connectivity index (χ1) is 14.5. The van der Waals surface area contributed by atoms with Crippen LogP contribution >= 0.6 is 0 Å². The Morgan fingerprint density at radius 1 is 0.833 bits per heavy atom. The van der Waals surface area contributed by atoms with E-state index in [1.54, 1.807) is 18.2 Å². The van der Waals surface area contributed by atoms with Crippen LogP contribution in [-0.2, 0) is 14.8 Å². The van der Waals surface area contributed by atoms with Crippen molar-refractivity contribution in [2.75, 3.05) is 20.1 Å². The van der Waals surface area contributed by atoms with E-state index in [0.717, 1.165) is 10.7 Å². The summed E-state index contributed by atoms with van der Waals surface area (Å²) in [5.74, 6) is -0.171. The van der Waals surface area contributed by atoms with Gasteiger partial charge < -0.3 is 5.32 Å². The van der Waals surface area contributed by atoms with Crippen LogP contribution in [0.5, 0.6) is 0 Å². The molecule has 0 aliphatic rings. The van der Waals surface area contributed by atoms with Crippen LogP contribution < -0.4 is 5.32 Å². The molecule has 0 aliphatic heterocycles. The lowest BCUT2D eigenvalue weighted by Crippen LogP contribution is -2.38. The van der Waals surface area contributed by atoms with Gasteiger partial charge in [0, 0.05) is 19.5 Å². The second-order valence-electron chi connectivity index (χ2n) is 7.09. The van der Waals surface area contributed by atoms with Gasteiger partial charge in [-0.2, -0.15) is 4.31 Å². The van der Waals surface area contributed by atoms with Gasteiger partial charge in [0.2, 0.25) is 15.9 Å². The zero-order valence-electron chi connectivity index (χ0n) is 16.9. The SMILES string of the molecule is CN(CC(=O)NCCC(c1ccccc1)c1ccccc1)S(=O)(=O)c1ccccc1. The van der Waals surface area contributed by atoms with Crippen molar-refractivity contribution in [2.45, 2.75) is 17.2 Å². The van der Waals surface area contributed by atoms with Gasteiger partial charge in [-0.1, -0.05) is 78.9 Å². The molecule has 0 aliphatic carbocycles. The van der Waals surface area contributed by atoms with E-state index in [1.807, 2.05) is 36.4 Å². The van der Waals surface area contributed by atoms with Crippen molar-refractivity contribution in [3.63, 3.8) is 0 Å². The summed E-state index contributed by atoms with van der Waals surface area (Å²) in [5, 5.41) is 2.86. The minimum atomic E-state index is -3.69. The van der Waals surface area contributed by atoms with Crippen LogP contribution in [0.4, 0.5) is 0 Å². The van der Waals surface area contributed by atoms with E-state index in [4.69, 9.17) is 0 Å². The first-order valence-electron chi connectivity index (χ1n) is 9.86. The maximum atomic E-state index is 12.6. The summed E-state index contributed by atoms with van der Waals surface area (Å²) in [6.45, 7) is 0.227. The standard InChI is InChI=1S/C24H26N2O3S/c1-26(30(28,29)22-15-9-4-10-16-22)19-24(27)25-18-17-23(20-11-5-2-6-12-20)21-13-7-3-8-14-21/h2-16,23H,17-19H2,1H3,(H,25,27). The molecule has 1 amide bonds. The van der Waals surface area contributed by atoms with E-state index in [1.165, 1.54) is 30.3 Å². The number of carbonyl (C=O) groups excluding carboxylic acids is 1. The molecule has 3 aromatic rings. The molecule has 1 N–H and O–H groups in total. The highest BCUT2D eigenvalue weighted by atomic mass is 32.2. The third kappa shape index (κ3) is 5.55. The lowest BCUT2D eigenvalue weighted by Gasteiger charge is -2.20. The van der Waals surface area contributed by atoms with Crippen LogP contribution in [0.15, 0.2) is 95.9 Å². The van der Waals surface area contributed by atoms with Gasteiger partial charge in [-0.3, -0.25) is 4.79 Å². The van der Waals surface area contributed by atoms with Crippen LogP contribution in [0.25, 0.3) is 0 Å². The summed E-state index contributed by atoms with van der Waals surface area (Å²) in [6.07, 6.45) is 0.717. The van der Waals surface area contributed by atoms with Crippen LogP contribution in [0.3, 0.4) is 0 Å². The van der Waals surface area contributed by atoms with Crippen molar-refractivity contribution in [3.8, 4) is 0 Å². The first-order valence-corrected chi connectivity index (χ1v) is 11.3. The fraction of sp³-hybridized carbons (Fsp3) is 0.208. The van der Waals surface area contributed by atoms with Gasteiger partial charge in [-0.05, 0) is 29.7 Å². The smallest absolute Gasteiger partial charge is 0.243 e. The number of nitrogens with zero attached hydrogens (tertiary/aromatic N) is 1. The fourth-order valence-corrected chi connectivity index (χ4v) is 4.52. The van der Waals surface area contributed by atoms with Crippen LogP contribution in [-0.4, -0.2) is 38.8 Å². The monoisotopic (exact) mass is 422 g/mol. The molecule has 3 aromatic carbocycles. The number of sulfonamides is 1. The zero-order valence-corrected chi connectivity index (χ0v) is 17.8. The van der Waals surface area contributed by atoms with Crippen LogP contribution in [0.2, 0.25) is 0 Å². The Balaban J connectivity index is 1.59. The fourth-order valence-electron chi connectivity index (χ4n) is 3.37. The molecule has 30 heavy (non-hydrogen) atoms. The number of hydrogen-bond acceptors (Lipinski definition) is 3. The van der Waals surface area contributed by atoms with Crippen LogP contribution in [0.1, 0.15) is 23.5 Å². The van der Waals surface area contributed by atoms with Gasteiger partial charge in [-0.15, -0.1) is 0 Å². The lowest BCUT2D eigenvalue weighted by atomic mass is 9.88. The predicted molar refractivity (Wildman–Crippen MR) is 119 cm³/mol. The Bertz CT molecular complexity index is 1000. The molecule has 3 rings (SSSR count).